The van der Waals surface area contributed by atoms with Crippen LogP contribution in [0.1, 0.15) is 26.7 Å². The van der Waals surface area contributed by atoms with Crippen LogP contribution in [0.5, 0.6) is 0 Å². The van der Waals surface area contributed by atoms with Gasteiger partial charge in [0.05, 0.1) is 18.7 Å². The number of hydrogen-bond donors (Lipinski definition) is 1. The average Bonchev–Trinajstić information content (AvgIpc) is 3.09. The number of benzene rings is 1. The van der Waals surface area contributed by atoms with Crippen molar-refractivity contribution in [3.63, 3.8) is 0 Å². The lowest BCUT2D eigenvalue weighted by Gasteiger charge is -2.38. The van der Waals surface area contributed by atoms with E-state index in [1.165, 1.54) is 0 Å². The Labute approximate surface area is 154 Å². The molecule has 142 valence electrons. The molecule has 1 aliphatic rings. The van der Waals surface area contributed by atoms with E-state index in [-0.39, 0.29) is 12.5 Å². The van der Waals surface area contributed by atoms with Crippen molar-refractivity contribution in [3.05, 3.63) is 24.3 Å². The number of amides is 1. The van der Waals surface area contributed by atoms with Crippen LogP contribution in [0.2, 0.25) is 0 Å². The second-order valence-corrected chi connectivity index (χ2v) is 6.83. The highest BCUT2D eigenvalue weighted by Crippen LogP contribution is 2.19. The molecule has 1 unspecified atom stereocenters. The Bertz CT molecular complexity index is 707. The summed E-state index contributed by atoms with van der Waals surface area (Å²) in [5, 5.41) is 11.3. The summed E-state index contributed by atoms with van der Waals surface area (Å²) in [5.41, 5.74) is 1.69. The number of carbonyl (C=O) groups excluding carboxylic acids is 1. The van der Waals surface area contributed by atoms with Gasteiger partial charge in [0.15, 0.2) is 0 Å². The Morgan fingerprint density at radius 1 is 1.23 bits per heavy atom. The third kappa shape index (κ3) is 4.40. The summed E-state index contributed by atoms with van der Waals surface area (Å²) in [5.74, 6) is 0.547. The summed E-state index contributed by atoms with van der Waals surface area (Å²) < 4.78 is 7.14. The van der Waals surface area contributed by atoms with Crippen LogP contribution in [0.15, 0.2) is 24.3 Å². The molecule has 0 aliphatic carbocycles. The number of rotatable bonds is 8. The van der Waals surface area contributed by atoms with Crippen molar-refractivity contribution in [1.29, 1.82) is 0 Å². The van der Waals surface area contributed by atoms with Crippen LogP contribution in [0.3, 0.4) is 0 Å². The largest absolute Gasteiger partial charge is 0.379 e. The predicted molar refractivity (Wildman–Crippen MR) is 101 cm³/mol. The second kappa shape index (κ2) is 9.09. The summed E-state index contributed by atoms with van der Waals surface area (Å²) in [7, 11) is 0. The number of morpholine rings is 1. The fourth-order valence-corrected chi connectivity index (χ4v) is 3.78. The van der Waals surface area contributed by atoms with Gasteiger partial charge >= 0.3 is 0 Å². The lowest BCUT2D eigenvalue weighted by molar-refractivity contribution is -0.122. The van der Waals surface area contributed by atoms with Crippen molar-refractivity contribution in [2.45, 2.75) is 39.3 Å². The molecule has 0 radical (unpaired) electrons. The molecule has 1 amide bonds. The Morgan fingerprint density at radius 2 is 1.96 bits per heavy atom. The fourth-order valence-electron chi connectivity index (χ4n) is 3.78. The van der Waals surface area contributed by atoms with Gasteiger partial charge in [-0.1, -0.05) is 44.0 Å². The number of para-hydroxylation sites is 1. The smallest absolute Gasteiger partial charge is 0.241 e. The Balaban J connectivity index is 1.61. The minimum absolute atomic E-state index is 0.0233. The van der Waals surface area contributed by atoms with E-state index < -0.39 is 0 Å². The number of ether oxygens (including phenoxy) is 1. The summed E-state index contributed by atoms with van der Waals surface area (Å²) in [6.45, 7) is 8.73. The number of nitrogens with one attached hydrogen (secondary N) is 1. The Hall–Kier alpha value is -1.99. The molecule has 1 aliphatic heterocycles. The van der Waals surface area contributed by atoms with E-state index in [2.05, 4.69) is 34.4 Å². The Morgan fingerprint density at radius 3 is 2.69 bits per heavy atom. The van der Waals surface area contributed by atoms with Gasteiger partial charge in [-0.15, -0.1) is 5.10 Å². The van der Waals surface area contributed by atoms with Crippen molar-refractivity contribution in [2.75, 3.05) is 32.8 Å². The quantitative estimate of drug-likeness (QED) is 0.776. The fraction of sp³-hybridized carbons (Fsp3) is 0.632. The van der Waals surface area contributed by atoms with E-state index in [0.29, 0.717) is 18.5 Å². The maximum Gasteiger partial charge on any atom is 0.241 e. The molecular formula is C19H29N5O2. The van der Waals surface area contributed by atoms with Crippen LogP contribution in [-0.4, -0.2) is 64.7 Å². The topological polar surface area (TPSA) is 72.3 Å². The summed E-state index contributed by atoms with van der Waals surface area (Å²) >= 11 is 0. The molecule has 7 nitrogen and oxygen atoms in total. The number of carbonyl (C=O) groups is 1. The zero-order valence-electron chi connectivity index (χ0n) is 15.7. The Kier molecular flexibility index (Phi) is 6.57. The highest BCUT2D eigenvalue weighted by molar-refractivity contribution is 5.79. The average molecular weight is 359 g/mol. The standard InChI is InChI=1S/C19H29N5O2/c1-3-15(4-2)18(23-9-11-26-12-10-23)13-20-19(25)14-24-17-8-6-5-7-16(17)21-22-24/h5-8,15,18H,3-4,9-14H2,1-2H3,(H,20,25). The first-order chi connectivity index (χ1) is 12.7. The second-order valence-electron chi connectivity index (χ2n) is 6.83. The highest BCUT2D eigenvalue weighted by atomic mass is 16.5. The molecule has 0 bridgehead atoms. The van der Waals surface area contributed by atoms with Crippen LogP contribution < -0.4 is 5.32 Å². The van der Waals surface area contributed by atoms with Gasteiger partial charge in [0.1, 0.15) is 12.1 Å². The normalized spacial score (nSPS) is 16.9. The van der Waals surface area contributed by atoms with Crippen molar-refractivity contribution >= 4 is 16.9 Å². The third-order valence-corrected chi connectivity index (χ3v) is 5.33. The number of nitrogens with zero attached hydrogens (tertiary/aromatic N) is 4. The van der Waals surface area contributed by atoms with Crippen molar-refractivity contribution in [3.8, 4) is 0 Å². The number of hydrogen-bond acceptors (Lipinski definition) is 5. The molecule has 7 heteroatoms. The molecule has 1 aromatic carbocycles. The molecule has 0 saturated carbocycles. The zero-order valence-corrected chi connectivity index (χ0v) is 15.7. The van der Waals surface area contributed by atoms with Crippen molar-refractivity contribution < 1.29 is 9.53 Å². The van der Waals surface area contributed by atoms with E-state index in [0.717, 1.165) is 50.2 Å². The number of fused-ring (bicyclic) bond motifs is 1. The van der Waals surface area contributed by atoms with Gasteiger partial charge < -0.3 is 10.1 Å². The third-order valence-electron chi connectivity index (χ3n) is 5.33. The first kappa shape index (κ1) is 18.8. The molecule has 1 aromatic heterocycles. The summed E-state index contributed by atoms with van der Waals surface area (Å²) in [6.07, 6.45) is 2.23. The molecule has 2 aromatic rings. The minimum Gasteiger partial charge on any atom is -0.379 e. The van der Waals surface area contributed by atoms with Crippen LogP contribution in [0, 0.1) is 5.92 Å². The maximum atomic E-state index is 12.5. The molecule has 1 atom stereocenters. The van der Waals surface area contributed by atoms with Crippen LogP contribution in [0.4, 0.5) is 0 Å². The van der Waals surface area contributed by atoms with Crippen molar-refractivity contribution in [1.82, 2.24) is 25.2 Å². The molecule has 2 heterocycles. The van der Waals surface area contributed by atoms with E-state index in [9.17, 15) is 4.79 Å². The van der Waals surface area contributed by atoms with Gasteiger partial charge in [-0.2, -0.15) is 0 Å². The van der Waals surface area contributed by atoms with E-state index in [4.69, 9.17) is 4.74 Å². The van der Waals surface area contributed by atoms with Crippen molar-refractivity contribution in [2.24, 2.45) is 5.92 Å². The van der Waals surface area contributed by atoms with Crippen LogP contribution in [0.25, 0.3) is 11.0 Å². The predicted octanol–water partition coefficient (Wildman–Crippen LogP) is 1.68. The highest BCUT2D eigenvalue weighted by Gasteiger charge is 2.27. The van der Waals surface area contributed by atoms with Crippen LogP contribution >= 0.6 is 0 Å². The van der Waals surface area contributed by atoms with Crippen LogP contribution in [-0.2, 0) is 16.1 Å². The van der Waals surface area contributed by atoms with E-state index >= 15 is 0 Å². The molecular weight excluding hydrogens is 330 g/mol. The van der Waals surface area contributed by atoms with E-state index in [1.54, 1.807) is 4.68 Å². The molecule has 1 saturated heterocycles. The van der Waals surface area contributed by atoms with Gasteiger partial charge in [0.2, 0.25) is 5.91 Å². The lowest BCUT2D eigenvalue weighted by atomic mass is 9.92. The molecule has 26 heavy (non-hydrogen) atoms. The maximum absolute atomic E-state index is 12.5. The van der Waals surface area contributed by atoms with Gasteiger partial charge in [-0.05, 0) is 18.1 Å². The lowest BCUT2D eigenvalue weighted by Crippen LogP contribution is -2.52. The zero-order chi connectivity index (χ0) is 18.4. The first-order valence-electron chi connectivity index (χ1n) is 9.59. The molecule has 0 spiro atoms. The van der Waals surface area contributed by atoms with E-state index in [1.807, 2.05) is 24.3 Å². The van der Waals surface area contributed by atoms with Gasteiger partial charge in [0, 0.05) is 25.7 Å². The summed E-state index contributed by atoms with van der Waals surface area (Å²) in [4.78, 5) is 15.0. The minimum atomic E-state index is -0.0233. The SMILES string of the molecule is CCC(CC)C(CNC(=O)Cn1nnc2ccccc21)N1CCOCC1. The van der Waals surface area contributed by atoms with Gasteiger partial charge in [-0.3, -0.25) is 9.69 Å². The van der Waals surface area contributed by atoms with Gasteiger partial charge in [0.25, 0.3) is 0 Å². The molecule has 1 N–H and O–H groups in total. The molecule has 3 rings (SSSR count). The molecule has 1 fully saturated rings. The summed E-state index contributed by atoms with van der Waals surface area (Å²) in [6, 6.07) is 8.04. The number of aromatic nitrogens is 3. The van der Waals surface area contributed by atoms with Gasteiger partial charge in [-0.25, -0.2) is 4.68 Å². The first-order valence-corrected chi connectivity index (χ1v) is 9.59. The monoisotopic (exact) mass is 359 g/mol.